The summed E-state index contributed by atoms with van der Waals surface area (Å²) in [5.41, 5.74) is 0.370. The molecule has 8 heteroatoms. The minimum atomic E-state index is -4.45. The fraction of sp³-hybridized carbons (Fsp3) is 0.267. The lowest BCUT2D eigenvalue weighted by atomic mass is 10.2. The van der Waals surface area contributed by atoms with Crippen molar-refractivity contribution in [1.82, 2.24) is 19.5 Å². The van der Waals surface area contributed by atoms with Gasteiger partial charge in [0.1, 0.15) is 17.1 Å². The molecule has 0 aliphatic heterocycles. The monoisotopic (exact) mass is 322 g/mol. The molecule has 120 valence electrons. The van der Waals surface area contributed by atoms with Gasteiger partial charge in [0.05, 0.1) is 23.9 Å². The largest absolute Gasteiger partial charge is 0.491 e. The number of hydrogen-bond donors (Lipinski definition) is 0. The van der Waals surface area contributed by atoms with Gasteiger partial charge in [0.25, 0.3) is 0 Å². The Hall–Kier alpha value is -2.64. The number of halogens is 3. The molecular formula is C15H13F3N4O. The van der Waals surface area contributed by atoms with Crippen LogP contribution in [0.3, 0.4) is 0 Å². The molecule has 0 radical (unpaired) electrons. The third-order valence-corrected chi connectivity index (χ3v) is 3.36. The number of pyridine rings is 2. The van der Waals surface area contributed by atoms with Crippen LogP contribution < -0.4 is 4.74 Å². The van der Waals surface area contributed by atoms with Gasteiger partial charge in [-0.05, 0) is 19.1 Å². The summed E-state index contributed by atoms with van der Waals surface area (Å²) < 4.78 is 45.6. The molecule has 0 unspecified atom stereocenters. The molecule has 0 amide bonds. The second-order valence-electron chi connectivity index (χ2n) is 4.86. The van der Waals surface area contributed by atoms with Gasteiger partial charge in [0.15, 0.2) is 5.65 Å². The van der Waals surface area contributed by atoms with Crippen molar-refractivity contribution in [2.75, 3.05) is 6.61 Å². The van der Waals surface area contributed by atoms with Crippen LogP contribution >= 0.6 is 0 Å². The summed E-state index contributed by atoms with van der Waals surface area (Å²) in [5.74, 6) is 0.988. The molecule has 0 fully saturated rings. The summed E-state index contributed by atoms with van der Waals surface area (Å²) in [6, 6.07) is 2.70. The minimum absolute atomic E-state index is 0.177. The summed E-state index contributed by atoms with van der Waals surface area (Å²) in [6.07, 6.45) is -0.519. The lowest BCUT2D eigenvalue weighted by molar-refractivity contribution is -0.137. The maximum Gasteiger partial charge on any atom is 0.417 e. The van der Waals surface area contributed by atoms with Gasteiger partial charge in [-0.25, -0.2) is 9.97 Å². The zero-order chi connectivity index (χ0) is 16.6. The van der Waals surface area contributed by atoms with Crippen LogP contribution in [0.5, 0.6) is 5.75 Å². The van der Waals surface area contributed by atoms with E-state index in [0.717, 1.165) is 12.3 Å². The zero-order valence-electron chi connectivity index (χ0n) is 12.4. The fourth-order valence-corrected chi connectivity index (χ4v) is 2.31. The van der Waals surface area contributed by atoms with Crippen LogP contribution in [-0.2, 0) is 13.2 Å². The quantitative estimate of drug-likeness (QED) is 0.741. The molecule has 3 heterocycles. The highest BCUT2D eigenvalue weighted by molar-refractivity contribution is 5.79. The van der Waals surface area contributed by atoms with Gasteiger partial charge in [0, 0.05) is 19.4 Å². The average Bonchev–Trinajstić information content (AvgIpc) is 2.84. The Morgan fingerprint density at radius 1 is 1.26 bits per heavy atom. The van der Waals surface area contributed by atoms with Gasteiger partial charge >= 0.3 is 6.18 Å². The number of nitrogens with zero attached hydrogens (tertiary/aromatic N) is 4. The third-order valence-electron chi connectivity index (χ3n) is 3.36. The number of ether oxygens (including phenoxy) is 1. The number of rotatable bonds is 3. The molecular weight excluding hydrogens is 309 g/mol. The van der Waals surface area contributed by atoms with E-state index in [0.29, 0.717) is 29.4 Å². The van der Waals surface area contributed by atoms with Crippen LogP contribution in [-0.4, -0.2) is 26.1 Å². The highest BCUT2D eigenvalue weighted by Gasteiger charge is 2.31. The summed E-state index contributed by atoms with van der Waals surface area (Å²) in [4.78, 5) is 12.2. The molecule has 0 saturated heterocycles. The van der Waals surface area contributed by atoms with Crippen molar-refractivity contribution in [3.05, 3.63) is 36.3 Å². The van der Waals surface area contributed by atoms with E-state index in [2.05, 4.69) is 15.0 Å². The molecule has 0 aliphatic carbocycles. The highest BCUT2D eigenvalue weighted by Crippen LogP contribution is 2.33. The minimum Gasteiger partial charge on any atom is -0.491 e. The van der Waals surface area contributed by atoms with E-state index in [1.165, 1.54) is 0 Å². The molecule has 0 aliphatic rings. The van der Waals surface area contributed by atoms with E-state index < -0.39 is 11.7 Å². The summed E-state index contributed by atoms with van der Waals surface area (Å²) in [6.45, 7) is 2.28. The van der Waals surface area contributed by atoms with Crippen LogP contribution in [0, 0.1) is 0 Å². The highest BCUT2D eigenvalue weighted by atomic mass is 19.4. The van der Waals surface area contributed by atoms with E-state index in [-0.39, 0.29) is 5.52 Å². The molecule has 0 bridgehead atoms. The first-order chi connectivity index (χ1) is 10.9. The van der Waals surface area contributed by atoms with Gasteiger partial charge in [-0.1, -0.05) is 0 Å². The van der Waals surface area contributed by atoms with Crippen molar-refractivity contribution in [2.45, 2.75) is 13.1 Å². The van der Waals surface area contributed by atoms with Crippen LogP contribution in [0.15, 0.2) is 30.7 Å². The molecule has 23 heavy (non-hydrogen) atoms. The van der Waals surface area contributed by atoms with Gasteiger partial charge in [-0.2, -0.15) is 13.2 Å². The predicted molar refractivity (Wildman–Crippen MR) is 77.9 cm³/mol. The topological polar surface area (TPSA) is 52.8 Å². The second-order valence-corrected chi connectivity index (χ2v) is 4.86. The smallest absolute Gasteiger partial charge is 0.417 e. The first-order valence-corrected chi connectivity index (χ1v) is 6.88. The molecule has 0 aromatic carbocycles. The van der Waals surface area contributed by atoms with Gasteiger partial charge < -0.3 is 9.30 Å². The van der Waals surface area contributed by atoms with Crippen molar-refractivity contribution >= 4 is 11.2 Å². The maximum atomic E-state index is 12.8. The van der Waals surface area contributed by atoms with Crippen molar-refractivity contribution in [1.29, 1.82) is 0 Å². The van der Waals surface area contributed by atoms with Crippen molar-refractivity contribution in [2.24, 2.45) is 7.05 Å². The van der Waals surface area contributed by atoms with Crippen LogP contribution in [0.25, 0.3) is 22.6 Å². The fourth-order valence-electron chi connectivity index (χ4n) is 2.31. The third kappa shape index (κ3) is 2.71. The Morgan fingerprint density at radius 3 is 2.74 bits per heavy atom. The lowest BCUT2D eigenvalue weighted by Gasteiger charge is -2.08. The molecule has 0 atom stereocenters. The van der Waals surface area contributed by atoms with Crippen molar-refractivity contribution in [3.63, 3.8) is 0 Å². The molecule has 3 rings (SSSR count). The molecule has 0 spiro atoms. The maximum absolute atomic E-state index is 12.8. The van der Waals surface area contributed by atoms with Crippen LogP contribution in [0.1, 0.15) is 12.5 Å². The van der Waals surface area contributed by atoms with E-state index in [1.54, 1.807) is 30.1 Å². The first kappa shape index (κ1) is 15.3. The number of alkyl halides is 3. The van der Waals surface area contributed by atoms with E-state index >= 15 is 0 Å². The molecule has 0 saturated carbocycles. The summed E-state index contributed by atoms with van der Waals surface area (Å²) >= 11 is 0. The average molecular weight is 322 g/mol. The zero-order valence-corrected chi connectivity index (χ0v) is 12.4. The molecule has 5 nitrogen and oxygen atoms in total. The predicted octanol–water partition coefficient (Wildman–Crippen LogP) is 3.45. The van der Waals surface area contributed by atoms with Gasteiger partial charge in [0.2, 0.25) is 0 Å². The Morgan fingerprint density at radius 2 is 2.04 bits per heavy atom. The Kier molecular flexibility index (Phi) is 3.67. The van der Waals surface area contributed by atoms with Crippen LogP contribution in [0.4, 0.5) is 13.2 Å². The SMILES string of the molecule is CCOc1cnccc1-c1nc2cc(C(F)(F)F)cnc2n1C. The van der Waals surface area contributed by atoms with Crippen molar-refractivity contribution in [3.8, 4) is 17.1 Å². The summed E-state index contributed by atoms with van der Waals surface area (Å²) in [5, 5.41) is 0. The number of hydrogen-bond acceptors (Lipinski definition) is 4. The van der Waals surface area contributed by atoms with Gasteiger partial charge in [-0.3, -0.25) is 4.98 Å². The number of imidazole rings is 1. The standard InChI is InChI=1S/C15H13F3N4O/c1-3-23-12-8-19-5-4-10(12)13-21-11-6-9(15(16,17)18)7-20-14(11)22(13)2/h4-8H,3H2,1-2H3. The summed E-state index contributed by atoms with van der Waals surface area (Å²) in [7, 11) is 1.70. The Labute approximate surface area is 129 Å². The van der Waals surface area contributed by atoms with Crippen molar-refractivity contribution < 1.29 is 17.9 Å². The van der Waals surface area contributed by atoms with E-state index in [4.69, 9.17) is 4.74 Å². The van der Waals surface area contributed by atoms with Gasteiger partial charge in [-0.15, -0.1) is 0 Å². The Balaban J connectivity index is 2.18. The first-order valence-electron chi connectivity index (χ1n) is 6.88. The number of fused-ring (bicyclic) bond motifs is 1. The Bertz CT molecular complexity index is 858. The van der Waals surface area contributed by atoms with E-state index in [9.17, 15) is 13.2 Å². The number of aromatic nitrogens is 4. The number of aryl methyl sites for hydroxylation is 1. The second kappa shape index (κ2) is 5.53. The normalized spacial score (nSPS) is 11.9. The lowest BCUT2D eigenvalue weighted by Crippen LogP contribution is -2.05. The molecule has 3 aromatic rings. The van der Waals surface area contributed by atoms with Crippen LogP contribution in [0.2, 0.25) is 0 Å². The molecule has 0 N–H and O–H groups in total. The molecule has 3 aromatic heterocycles. The van der Waals surface area contributed by atoms with E-state index in [1.807, 2.05) is 6.92 Å².